The number of nitrogens with zero attached hydrogens (tertiary/aromatic N) is 1. The molecule has 0 saturated heterocycles. The Morgan fingerprint density at radius 3 is 2.69 bits per heavy atom. The lowest BCUT2D eigenvalue weighted by atomic mass is 10.2. The second kappa shape index (κ2) is 6.33. The number of methoxy groups -OCH3 is 1. The fraction of sp³-hybridized carbons (Fsp3) is 0.750. The van der Waals surface area contributed by atoms with Crippen LogP contribution in [0.25, 0.3) is 0 Å². The van der Waals surface area contributed by atoms with Crippen molar-refractivity contribution >= 4 is 11.3 Å². The largest absolute Gasteiger partial charge is 0.375 e. The van der Waals surface area contributed by atoms with Crippen molar-refractivity contribution in [1.82, 2.24) is 10.3 Å². The Labute approximate surface area is 102 Å². The van der Waals surface area contributed by atoms with Crippen molar-refractivity contribution in [2.45, 2.75) is 46.3 Å². The van der Waals surface area contributed by atoms with Crippen LogP contribution in [0.5, 0.6) is 0 Å². The molecule has 0 radical (unpaired) electrons. The van der Waals surface area contributed by atoms with Gasteiger partial charge in [-0.05, 0) is 33.7 Å². The monoisotopic (exact) mass is 242 g/mol. The van der Waals surface area contributed by atoms with E-state index in [4.69, 9.17) is 4.74 Å². The van der Waals surface area contributed by atoms with E-state index in [2.05, 4.69) is 31.1 Å². The minimum atomic E-state index is 0.0934. The Balaban J connectivity index is 2.76. The molecule has 0 amide bonds. The van der Waals surface area contributed by atoms with Gasteiger partial charge in [0.2, 0.25) is 0 Å². The molecule has 1 rings (SSSR count). The molecule has 3 nitrogen and oxygen atoms in total. The van der Waals surface area contributed by atoms with E-state index >= 15 is 0 Å². The molecule has 0 fully saturated rings. The maximum Gasteiger partial charge on any atom is 0.122 e. The second-order valence-corrected chi connectivity index (χ2v) is 5.12. The third-order valence-corrected chi connectivity index (χ3v) is 4.15. The predicted molar refractivity (Wildman–Crippen MR) is 69.0 cm³/mol. The summed E-state index contributed by atoms with van der Waals surface area (Å²) < 4.78 is 5.29. The minimum Gasteiger partial charge on any atom is -0.375 e. The zero-order valence-corrected chi connectivity index (χ0v) is 11.6. The van der Waals surface area contributed by atoms with Gasteiger partial charge in [0, 0.05) is 18.0 Å². The number of aryl methyl sites for hydroxylation is 1. The molecule has 2 unspecified atom stereocenters. The highest BCUT2D eigenvalue weighted by molar-refractivity contribution is 7.11. The van der Waals surface area contributed by atoms with Crippen molar-refractivity contribution in [1.29, 1.82) is 0 Å². The molecular weight excluding hydrogens is 220 g/mol. The van der Waals surface area contributed by atoms with Crippen molar-refractivity contribution in [3.05, 3.63) is 15.6 Å². The van der Waals surface area contributed by atoms with Gasteiger partial charge in [-0.25, -0.2) is 4.98 Å². The first-order chi connectivity index (χ1) is 7.60. The van der Waals surface area contributed by atoms with Crippen LogP contribution in [0.2, 0.25) is 0 Å². The van der Waals surface area contributed by atoms with Crippen LogP contribution in [-0.2, 0) is 4.74 Å². The maximum absolute atomic E-state index is 5.29. The van der Waals surface area contributed by atoms with E-state index in [1.807, 2.05) is 6.92 Å². The van der Waals surface area contributed by atoms with Crippen molar-refractivity contribution in [2.24, 2.45) is 0 Å². The normalized spacial score (nSPS) is 15.1. The average molecular weight is 242 g/mol. The molecule has 1 aromatic heterocycles. The quantitative estimate of drug-likeness (QED) is 0.831. The Kier molecular flexibility index (Phi) is 5.38. The highest BCUT2D eigenvalue weighted by Gasteiger charge is 2.16. The van der Waals surface area contributed by atoms with Gasteiger partial charge in [0.25, 0.3) is 0 Å². The van der Waals surface area contributed by atoms with Gasteiger partial charge in [0.05, 0.1) is 5.69 Å². The molecule has 0 bridgehead atoms. The van der Waals surface area contributed by atoms with Crippen LogP contribution in [0.4, 0.5) is 0 Å². The van der Waals surface area contributed by atoms with Crippen LogP contribution < -0.4 is 5.32 Å². The highest BCUT2D eigenvalue weighted by Crippen LogP contribution is 2.29. The molecule has 4 heteroatoms. The molecular formula is C12H22N2OS. The molecule has 0 aromatic carbocycles. The van der Waals surface area contributed by atoms with E-state index in [-0.39, 0.29) is 6.10 Å². The number of nitrogens with one attached hydrogen (secondary N) is 1. The van der Waals surface area contributed by atoms with Gasteiger partial charge in [-0.3, -0.25) is 0 Å². The smallest absolute Gasteiger partial charge is 0.122 e. The molecule has 0 saturated carbocycles. The minimum absolute atomic E-state index is 0.0934. The number of hydrogen-bond donors (Lipinski definition) is 1. The topological polar surface area (TPSA) is 34.1 Å². The summed E-state index contributed by atoms with van der Waals surface area (Å²) in [5.74, 6) is 0. The first-order valence-electron chi connectivity index (χ1n) is 5.83. The predicted octanol–water partition coefficient (Wildman–Crippen LogP) is 3.22. The van der Waals surface area contributed by atoms with Gasteiger partial charge >= 0.3 is 0 Å². The van der Waals surface area contributed by atoms with Crippen molar-refractivity contribution in [2.75, 3.05) is 13.7 Å². The summed E-state index contributed by atoms with van der Waals surface area (Å²) in [6.45, 7) is 9.52. The molecule has 92 valence electrons. The lowest BCUT2D eigenvalue weighted by Crippen LogP contribution is -2.18. The molecule has 0 spiro atoms. The number of ether oxygens (including phenoxy) is 1. The average Bonchev–Trinajstić information content (AvgIpc) is 2.67. The van der Waals surface area contributed by atoms with E-state index in [0.717, 1.165) is 23.7 Å². The molecule has 1 aromatic rings. The van der Waals surface area contributed by atoms with Crippen molar-refractivity contribution < 1.29 is 4.74 Å². The van der Waals surface area contributed by atoms with Crippen molar-refractivity contribution in [3.8, 4) is 0 Å². The third-order valence-electron chi connectivity index (χ3n) is 2.64. The molecule has 16 heavy (non-hydrogen) atoms. The second-order valence-electron chi connectivity index (χ2n) is 4.06. The summed E-state index contributed by atoms with van der Waals surface area (Å²) >= 11 is 1.75. The molecule has 2 atom stereocenters. The lowest BCUT2D eigenvalue weighted by Gasteiger charge is -2.11. The van der Waals surface area contributed by atoms with Crippen LogP contribution in [-0.4, -0.2) is 18.6 Å². The number of hydrogen-bond acceptors (Lipinski definition) is 4. The molecule has 1 heterocycles. The number of rotatable bonds is 6. The van der Waals surface area contributed by atoms with Gasteiger partial charge in [-0.15, -0.1) is 11.3 Å². The fourth-order valence-corrected chi connectivity index (χ4v) is 2.68. The Morgan fingerprint density at radius 1 is 1.44 bits per heavy atom. The fourth-order valence-electron chi connectivity index (χ4n) is 1.56. The summed E-state index contributed by atoms with van der Waals surface area (Å²) in [6.07, 6.45) is 1.25. The van der Waals surface area contributed by atoms with E-state index in [0.29, 0.717) is 6.04 Å². The van der Waals surface area contributed by atoms with Gasteiger partial charge in [-0.2, -0.15) is 0 Å². The Morgan fingerprint density at radius 2 is 2.12 bits per heavy atom. The van der Waals surface area contributed by atoms with Gasteiger partial charge in [0.1, 0.15) is 11.1 Å². The van der Waals surface area contributed by atoms with Crippen LogP contribution in [0, 0.1) is 6.92 Å². The summed E-state index contributed by atoms with van der Waals surface area (Å²) in [5, 5.41) is 4.56. The lowest BCUT2D eigenvalue weighted by molar-refractivity contribution is 0.119. The van der Waals surface area contributed by atoms with Crippen LogP contribution in [0.3, 0.4) is 0 Å². The standard InChI is InChI=1S/C12H22N2OS/c1-6-7-13-8(2)11-9(3)14-12(16-11)10(4)15-5/h8,10,13H,6-7H2,1-5H3. The van der Waals surface area contributed by atoms with E-state index in [9.17, 15) is 0 Å². The van der Waals surface area contributed by atoms with E-state index < -0.39 is 0 Å². The van der Waals surface area contributed by atoms with Gasteiger partial charge in [-0.1, -0.05) is 6.92 Å². The molecule has 0 aliphatic carbocycles. The highest BCUT2D eigenvalue weighted by atomic mass is 32.1. The zero-order chi connectivity index (χ0) is 12.1. The van der Waals surface area contributed by atoms with E-state index in [1.54, 1.807) is 18.4 Å². The summed E-state index contributed by atoms with van der Waals surface area (Å²) in [7, 11) is 1.72. The van der Waals surface area contributed by atoms with Gasteiger partial charge < -0.3 is 10.1 Å². The Hall–Kier alpha value is -0.450. The molecule has 0 aliphatic rings. The number of aromatic nitrogens is 1. The molecule has 0 aliphatic heterocycles. The maximum atomic E-state index is 5.29. The Bertz CT molecular complexity index is 325. The summed E-state index contributed by atoms with van der Waals surface area (Å²) in [4.78, 5) is 5.89. The van der Waals surface area contributed by atoms with Gasteiger partial charge in [0.15, 0.2) is 0 Å². The van der Waals surface area contributed by atoms with Crippen molar-refractivity contribution in [3.63, 3.8) is 0 Å². The first-order valence-corrected chi connectivity index (χ1v) is 6.65. The summed E-state index contributed by atoms with van der Waals surface area (Å²) in [6, 6.07) is 0.384. The van der Waals surface area contributed by atoms with Crippen LogP contribution >= 0.6 is 11.3 Å². The van der Waals surface area contributed by atoms with Crippen LogP contribution in [0.15, 0.2) is 0 Å². The zero-order valence-electron chi connectivity index (χ0n) is 10.8. The molecule has 1 N–H and O–H groups in total. The van der Waals surface area contributed by atoms with Crippen LogP contribution in [0.1, 0.15) is 54.9 Å². The number of thiazole rings is 1. The third kappa shape index (κ3) is 3.27. The van der Waals surface area contributed by atoms with E-state index in [1.165, 1.54) is 4.88 Å². The summed E-state index contributed by atoms with van der Waals surface area (Å²) in [5.41, 5.74) is 1.13. The SMILES string of the molecule is CCCNC(C)c1sc(C(C)OC)nc1C. The first kappa shape index (κ1) is 13.6.